The number of hydrogen-bond donors (Lipinski definition) is 0. The second kappa shape index (κ2) is 4.39. The zero-order valence-electron chi connectivity index (χ0n) is 9.91. The Morgan fingerprint density at radius 3 is 2.61 bits per heavy atom. The molecule has 0 saturated heterocycles. The monoisotopic (exact) mass is 262 g/mol. The minimum absolute atomic E-state index is 0.109. The van der Waals surface area contributed by atoms with Crippen molar-refractivity contribution in [3.8, 4) is 0 Å². The highest BCUT2D eigenvalue weighted by Crippen LogP contribution is 2.42. The molecule has 2 aromatic carbocycles. The summed E-state index contributed by atoms with van der Waals surface area (Å²) in [6.45, 7) is 1.94. The van der Waals surface area contributed by atoms with Crippen LogP contribution in [0.2, 0.25) is 0 Å². The van der Waals surface area contributed by atoms with E-state index in [-0.39, 0.29) is 17.6 Å². The second-order valence-electron chi connectivity index (χ2n) is 4.48. The van der Waals surface area contributed by atoms with E-state index < -0.39 is 0 Å². The van der Waals surface area contributed by atoms with E-state index in [0.29, 0.717) is 16.2 Å². The van der Waals surface area contributed by atoms with Gasteiger partial charge in [-0.05, 0) is 28.8 Å². The molecule has 1 aliphatic rings. The molecule has 2 aromatic rings. The number of hydrogen-bond acceptors (Lipinski definition) is 1. The first-order valence-electron chi connectivity index (χ1n) is 5.87. The van der Waals surface area contributed by atoms with Crippen LogP contribution in [0.4, 0.5) is 8.78 Å². The maximum absolute atomic E-state index is 14.0. The number of rotatable bonds is 0. The minimum atomic E-state index is -0.211. The Morgan fingerprint density at radius 2 is 1.78 bits per heavy atom. The third kappa shape index (κ3) is 1.74. The summed E-state index contributed by atoms with van der Waals surface area (Å²) in [4.78, 5) is 0.653. The van der Waals surface area contributed by atoms with Gasteiger partial charge in [0.25, 0.3) is 0 Å². The first kappa shape index (κ1) is 11.7. The van der Waals surface area contributed by atoms with Gasteiger partial charge >= 0.3 is 0 Å². The van der Waals surface area contributed by atoms with Gasteiger partial charge in [-0.25, -0.2) is 8.78 Å². The van der Waals surface area contributed by atoms with Crippen LogP contribution in [0.5, 0.6) is 0 Å². The molecule has 0 aliphatic carbocycles. The van der Waals surface area contributed by atoms with E-state index in [9.17, 15) is 8.78 Å². The van der Waals surface area contributed by atoms with E-state index >= 15 is 0 Å². The molecule has 0 aromatic heterocycles. The number of fused-ring (bicyclic) bond motifs is 2. The minimum Gasteiger partial charge on any atom is -0.207 e. The molecule has 0 nitrogen and oxygen atoms in total. The van der Waals surface area contributed by atoms with Gasteiger partial charge in [-0.15, -0.1) is 11.8 Å². The molecule has 3 rings (SSSR count). The van der Waals surface area contributed by atoms with Crippen LogP contribution in [0.3, 0.4) is 0 Å². The zero-order valence-corrected chi connectivity index (χ0v) is 10.7. The highest BCUT2D eigenvalue weighted by Gasteiger charge is 2.24. The van der Waals surface area contributed by atoms with E-state index in [1.54, 1.807) is 12.1 Å². The maximum atomic E-state index is 14.0. The fourth-order valence-corrected chi connectivity index (χ4v) is 3.69. The van der Waals surface area contributed by atoms with Crippen LogP contribution in [0, 0.1) is 11.6 Å². The molecule has 18 heavy (non-hydrogen) atoms. The smallest absolute Gasteiger partial charge is 0.137 e. The summed E-state index contributed by atoms with van der Waals surface area (Å²) in [5, 5.41) is 0. The Hall–Kier alpha value is -1.35. The first-order valence-corrected chi connectivity index (χ1v) is 6.85. The van der Waals surface area contributed by atoms with Crippen molar-refractivity contribution in [2.45, 2.75) is 23.5 Å². The molecule has 0 bridgehead atoms. The van der Waals surface area contributed by atoms with E-state index in [4.69, 9.17) is 0 Å². The predicted molar refractivity (Wildman–Crippen MR) is 69.9 cm³/mol. The summed E-state index contributed by atoms with van der Waals surface area (Å²) in [6.07, 6.45) is 0. The lowest BCUT2D eigenvalue weighted by molar-refractivity contribution is 0.585. The zero-order chi connectivity index (χ0) is 12.7. The van der Waals surface area contributed by atoms with Crippen molar-refractivity contribution in [1.29, 1.82) is 0 Å². The Kier molecular flexibility index (Phi) is 2.86. The van der Waals surface area contributed by atoms with Gasteiger partial charge in [0, 0.05) is 16.6 Å². The molecule has 0 unspecified atom stereocenters. The lowest BCUT2D eigenvalue weighted by atomic mass is 9.89. The quantitative estimate of drug-likeness (QED) is 0.662. The summed E-state index contributed by atoms with van der Waals surface area (Å²) in [5.41, 5.74) is 2.54. The average Bonchev–Trinajstić information content (AvgIpc) is 2.50. The molecular formula is C15H12F2S. The summed E-state index contributed by atoms with van der Waals surface area (Å²) >= 11 is 1.45. The lowest BCUT2D eigenvalue weighted by Crippen LogP contribution is -2.02. The molecule has 1 atom stereocenters. The first-order chi connectivity index (χ1) is 8.68. The number of thioether (sulfide) groups is 1. The van der Waals surface area contributed by atoms with Crippen molar-refractivity contribution < 1.29 is 8.78 Å². The molecule has 92 valence electrons. The van der Waals surface area contributed by atoms with Crippen LogP contribution in [0.1, 0.15) is 29.5 Å². The molecule has 0 amide bonds. The van der Waals surface area contributed by atoms with Gasteiger partial charge < -0.3 is 0 Å². The standard InChI is InChI=1S/C15H12F2S/c1-9-11-5-3-7-13(17)15(11)18-8-10-4-2-6-12(16)14(9)10/h2-7,9H,8H2,1H3/t9-/m1/s1. The number of benzene rings is 2. The van der Waals surface area contributed by atoms with Gasteiger partial charge in [-0.2, -0.15) is 0 Å². The Labute approximate surface area is 109 Å². The normalized spacial score (nSPS) is 17.8. The summed E-state index contributed by atoms with van der Waals surface area (Å²) in [7, 11) is 0. The van der Waals surface area contributed by atoms with Crippen molar-refractivity contribution in [3.63, 3.8) is 0 Å². The third-order valence-corrected chi connectivity index (χ3v) is 4.59. The van der Waals surface area contributed by atoms with Crippen LogP contribution in [0.15, 0.2) is 41.3 Å². The molecule has 3 heteroatoms. The maximum Gasteiger partial charge on any atom is 0.137 e. The van der Waals surface area contributed by atoms with Gasteiger partial charge in [0.05, 0.1) is 0 Å². The molecule has 0 spiro atoms. The Morgan fingerprint density at radius 1 is 1.06 bits per heavy atom. The lowest BCUT2D eigenvalue weighted by Gasteiger charge is -2.15. The van der Waals surface area contributed by atoms with Gasteiger partial charge in [0.15, 0.2) is 0 Å². The van der Waals surface area contributed by atoms with Gasteiger partial charge in [0.2, 0.25) is 0 Å². The van der Waals surface area contributed by atoms with Crippen molar-refractivity contribution >= 4 is 11.8 Å². The van der Waals surface area contributed by atoms with Crippen LogP contribution in [-0.2, 0) is 5.75 Å². The summed E-state index contributed by atoms with van der Waals surface area (Å²) in [5.74, 6) is 0.0999. The summed E-state index contributed by atoms with van der Waals surface area (Å²) in [6, 6.07) is 10.2. The molecule has 1 heterocycles. The van der Waals surface area contributed by atoms with E-state index in [1.165, 1.54) is 23.9 Å². The van der Waals surface area contributed by atoms with Gasteiger partial charge in [-0.3, -0.25) is 0 Å². The Balaban J connectivity index is 2.24. The predicted octanol–water partition coefficient (Wildman–Crippen LogP) is 4.72. The SMILES string of the molecule is C[C@@H]1c2cccc(F)c2SCc2cccc(F)c21. The molecule has 0 saturated carbocycles. The molecule has 0 radical (unpaired) electrons. The largest absolute Gasteiger partial charge is 0.207 e. The topological polar surface area (TPSA) is 0 Å². The average molecular weight is 262 g/mol. The van der Waals surface area contributed by atoms with Gasteiger partial charge in [-0.1, -0.05) is 31.2 Å². The molecule has 0 fully saturated rings. The fraction of sp³-hybridized carbons (Fsp3) is 0.200. The van der Waals surface area contributed by atoms with Gasteiger partial charge in [0.1, 0.15) is 11.6 Å². The highest BCUT2D eigenvalue weighted by molar-refractivity contribution is 7.98. The Bertz CT molecular complexity index is 607. The van der Waals surface area contributed by atoms with Crippen LogP contribution in [-0.4, -0.2) is 0 Å². The van der Waals surface area contributed by atoms with E-state index in [1.807, 2.05) is 19.1 Å². The van der Waals surface area contributed by atoms with Crippen molar-refractivity contribution in [3.05, 3.63) is 64.7 Å². The molecule has 1 aliphatic heterocycles. The molecule has 0 N–H and O–H groups in total. The fourth-order valence-electron chi connectivity index (χ4n) is 2.52. The van der Waals surface area contributed by atoms with Crippen LogP contribution < -0.4 is 0 Å². The number of halogens is 2. The van der Waals surface area contributed by atoms with Crippen molar-refractivity contribution in [2.75, 3.05) is 0 Å². The summed E-state index contributed by atoms with van der Waals surface area (Å²) < 4.78 is 27.8. The van der Waals surface area contributed by atoms with E-state index in [0.717, 1.165) is 11.1 Å². The second-order valence-corrected chi connectivity index (χ2v) is 5.47. The van der Waals surface area contributed by atoms with Crippen LogP contribution >= 0.6 is 11.8 Å². The van der Waals surface area contributed by atoms with Crippen molar-refractivity contribution in [2.24, 2.45) is 0 Å². The van der Waals surface area contributed by atoms with Crippen LogP contribution in [0.25, 0.3) is 0 Å². The van der Waals surface area contributed by atoms with Crippen molar-refractivity contribution in [1.82, 2.24) is 0 Å². The highest BCUT2D eigenvalue weighted by atomic mass is 32.2. The van der Waals surface area contributed by atoms with E-state index in [2.05, 4.69) is 0 Å². The molecular weight excluding hydrogens is 250 g/mol. The third-order valence-electron chi connectivity index (χ3n) is 3.41.